The largest absolute Gasteiger partial charge is 0.295 e. The van der Waals surface area contributed by atoms with Gasteiger partial charge in [0.25, 0.3) is 5.56 Å². The second-order valence-electron chi connectivity index (χ2n) is 7.84. The maximum absolute atomic E-state index is 13.4. The van der Waals surface area contributed by atoms with Gasteiger partial charge in [-0.25, -0.2) is 4.98 Å². The van der Waals surface area contributed by atoms with Crippen molar-refractivity contribution in [3.63, 3.8) is 0 Å². The lowest BCUT2D eigenvalue weighted by molar-refractivity contribution is 0.884. The summed E-state index contributed by atoms with van der Waals surface area (Å²) in [5.41, 5.74) is 3.00. The molecule has 3 aromatic carbocycles. The normalized spacial score (nSPS) is 11.1. The molecule has 0 atom stereocenters. The zero-order chi connectivity index (χ0) is 24.5. The Morgan fingerprint density at radius 1 is 0.886 bits per heavy atom. The average molecular weight is 519 g/mol. The maximum atomic E-state index is 13.4. The zero-order valence-corrected chi connectivity index (χ0v) is 21.3. The first-order valence-corrected chi connectivity index (χ1v) is 12.8. The van der Waals surface area contributed by atoms with Gasteiger partial charge in [0.2, 0.25) is 5.95 Å². The molecule has 0 saturated heterocycles. The van der Waals surface area contributed by atoms with Crippen molar-refractivity contribution in [2.45, 2.75) is 4.90 Å². The topological polar surface area (TPSA) is 51.0 Å². The van der Waals surface area contributed by atoms with Gasteiger partial charge >= 0.3 is 0 Å². The molecule has 5 rings (SSSR count). The quantitative estimate of drug-likeness (QED) is 0.225. The van der Waals surface area contributed by atoms with Gasteiger partial charge in [0.05, 0.1) is 21.3 Å². The van der Waals surface area contributed by atoms with Crippen LogP contribution < -0.4 is 10.5 Å². The molecule has 35 heavy (non-hydrogen) atoms. The van der Waals surface area contributed by atoms with Crippen LogP contribution in [0.2, 0.25) is 10.0 Å². The van der Waals surface area contributed by atoms with Crippen molar-refractivity contribution in [2.24, 2.45) is 7.05 Å². The fourth-order valence-corrected chi connectivity index (χ4v) is 5.04. The highest BCUT2D eigenvalue weighted by atomic mass is 35.5. The van der Waals surface area contributed by atoms with Crippen LogP contribution in [0, 0.1) is 0 Å². The van der Waals surface area contributed by atoms with Crippen LogP contribution in [0.1, 0.15) is 0 Å². The summed E-state index contributed by atoms with van der Waals surface area (Å²) < 4.78 is 1.51. The number of aromatic nitrogens is 3. The molecule has 0 unspecified atom stereocenters. The molecule has 0 radical (unpaired) electrons. The molecule has 0 aliphatic rings. The number of fused-ring (bicyclic) bond motifs is 1. The van der Waals surface area contributed by atoms with E-state index in [0.29, 0.717) is 38.2 Å². The van der Waals surface area contributed by atoms with Crippen LogP contribution in [0.5, 0.6) is 0 Å². The second kappa shape index (κ2) is 9.74. The first-order chi connectivity index (χ1) is 17.0. The van der Waals surface area contributed by atoms with Crippen molar-refractivity contribution in [2.75, 3.05) is 11.2 Å². The van der Waals surface area contributed by atoms with Crippen LogP contribution in [-0.2, 0) is 7.05 Å². The van der Waals surface area contributed by atoms with Crippen molar-refractivity contribution < 1.29 is 0 Å². The fourth-order valence-electron chi connectivity index (χ4n) is 3.99. The van der Waals surface area contributed by atoms with Crippen LogP contribution in [0.15, 0.2) is 94.7 Å². The number of pyridine rings is 1. The maximum Gasteiger partial charge on any atom is 0.259 e. The Kier molecular flexibility index (Phi) is 6.52. The minimum Gasteiger partial charge on any atom is -0.295 e. The van der Waals surface area contributed by atoms with Gasteiger partial charge < -0.3 is 0 Å². The molecule has 0 aliphatic carbocycles. The number of halogens is 2. The van der Waals surface area contributed by atoms with Crippen molar-refractivity contribution in [1.29, 1.82) is 0 Å². The number of hydrogen-bond acceptors (Lipinski definition) is 5. The highest BCUT2D eigenvalue weighted by molar-refractivity contribution is 7.98. The van der Waals surface area contributed by atoms with Gasteiger partial charge in [0.1, 0.15) is 5.65 Å². The molecule has 0 amide bonds. The Bertz CT molecular complexity index is 1580. The van der Waals surface area contributed by atoms with Gasteiger partial charge in [-0.05, 0) is 54.8 Å². The van der Waals surface area contributed by atoms with Crippen molar-refractivity contribution in [1.82, 2.24) is 14.5 Å². The molecule has 0 fully saturated rings. The van der Waals surface area contributed by atoms with E-state index in [9.17, 15) is 4.79 Å². The third kappa shape index (κ3) is 4.41. The average Bonchev–Trinajstić information content (AvgIpc) is 2.88. The molecule has 2 aromatic heterocycles. The minimum absolute atomic E-state index is 0.243. The van der Waals surface area contributed by atoms with Gasteiger partial charge in [-0.3, -0.25) is 14.3 Å². The van der Waals surface area contributed by atoms with E-state index in [0.717, 1.165) is 16.3 Å². The van der Waals surface area contributed by atoms with Crippen LogP contribution in [0.4, 0.5) is 17.3 Å². The number of anilines is 3. The number of hydrogen-bond donors (Lipinski definition) is 0. The van der Waals surface area contributed by atoms with Gasteiger partial charge in [-0.1, -0.05) is 53.5 Å². The molecule has 0 aliphatic heterocycles. The van der Waals surface area contributed by atoms with Gasteiger partial charge in [0.15, 0.2) is 0 Å². The molecule has 0 saturated carbocycles. The van der Waals surface area contributed by atoms with Crippen LogP contribution in [0.25, 0.3) is 22.2 Å². The number of thioether (sulfide) groups is 1. The predicted octanol–water partition coefficient (Wildman–Crippen LogP) is 7.49. The second-order valence-corrected chi connectivity index (χ2v) is 9.53. The third-order valence-electron chi connectivity index (χ3n) is 5.69. The minimum atomic E-state index is -0.243. The summed E-state index contributed by atoms with van der Waals surface area (Å²) in [6.07, 6.45) is 3.76. The lowest BCUT2D eigenvalue weighted by Crippen LogP contribution is -2.21. The summed E-state index contributed by atoms with van der Waals surface area (Å²) in [6.45, 7) is 0. The summed E-state index contributed by atoms with van der Waals surface area (Å²) in [4.78, 5) is 26.0. The molecule has 2 heterocycles. The van der Waals surface area contributed by atoms with Gasteiger partial charge in [-0.2, -0.15) is 4.98 Å². The summed E-state index contributed by atoms with van der Waals surface area (Å²) >= 11 is 14.5. The van der Waals surface area contributed by atoms with E-state index >= 15 is 0 Å². The van der Waals surface area contributed by atoms with Gasteiger partial charge in [0, 0.05) is 34.8 Å². The van der Waals surface area contributed by atoms with Crippen molar-refractivity contribution >= 4 is 63.3 Å². The van der Waals surface area contributed by atoms with E-state index in [4.69, 9.17) is 33.2 Å². The number of benzene rings is 3. The molecular formula is C27H20Cl2N4OS. The molecule has 0 spiro atoms. The first-order valence-electron chi connectivity index (χ1n) is 10.8. The Morgan fingerprint density at radius 2 is 1.57 bits per heavy atom. The van der Waals surface area contributed by atoms with Crippen LogP contribution in [0.3, 0.4) is 0 Å². The van der Waals surface area contributed by atoms with Crippen LogP contribution >= 0.6 is 35.0 Å². The van der Waals surface area contributed by atoms with E-state index in [1.165, 1.54) is 4.57 Å². The molecule has 0 N–H and O–H groups in total. The molecule has 174 valence electrons. The number of nitrogens with zero attached hydrogens (tertiary/aromatic N) is 4. The van der Waals surface area contributed by atoms with E-state index < -0.39 is 0 Å². The Labute approximate surface area is 217 Å². The smallest absolute Gasteiger partial charge is 0.259 e. The van der Waals surface area contributed by atoms with E-state index in [1.54, 1.807) is 49.3 Å². The summed E-state index contributed by atoms with van der Waals surface area (Å²) in [5, 5.41) is 1.53. The third-order valence-corrected chi connectivity index (χ3v) is 7.05. The van der Waals surface area contributed by atoms with Gasteiger partial charge in [-0.15, -0.1) is 11.8 Å². The summed E-state index contributed by atoms with van der Waals surface area (Å²) in [5.74, 6) is 0.459. The SMILES string of the molecule is CSc1cccc(N(c2ccccc2)c2ncc3cc(-c4c(Cl)cccc4Cl)c(=O)n(C)c3n2)c1. The molecular weight excluding hydrogens is 499 g/mol. The zero-order valence-electron chi connectivity index (χ0n) is 18.9. The first kappa shape index (κ1) is 23.4. The summed E-state index contributed by atoms with van der Waals surface area (Å²) in [6, 6.07) is 25.0. The van der Waals surface area contributed by atoms with E-state index in [2.05, 4.69) is 12.1 Å². The van der Waals surface area contributed by atoms with E-state index in [-0.39, 0.29) is 5.56 Å². The monoisotopic (exact) mass is 518 g/mol. The molecule has 8 heteroatoms. The van der Waals surface area contributed by atoms with Crippen molar-refractivity contribution in [3.05, 3.63) is 105 Å². The lowest BCUT2D eigenvalue weighted by atomic mass is 10.1. The van der Waals surface area contributed by atoms with Crippen LogP contribution in [-0.4, -0.2) is 20.8 Å². The Morgan fingerprint density at radius 3 is 2.29 bits per heavy atom. The molecule has 0 bridgehead atoms. The predicted molar refractivity (Wildman–Crippen MR) is 147 cm³/mol. The number of para-hydroxylation sites is 1. The highest BCUT2D eigenvalue weighted by Crippen LogP contribution is 2.36. The van der Waals surface area contributed by atoms with Crippen molar-refractivity contribution in [3.8, 4) is 11.1 Å². The molecule has 5 aromatic rings. The molecule has 5 nitrogen and oxygen atoms in total. The highest BCUT2D eigenvalue weighted by Gasteiger charge is 2.19. The summed E-state index contributed by atoms with van der Waals surface area (Å²) in [7, 11) is 1.69. The Hall–Kier alpha value is -3.32. The standard InChI is InChI=1S/C27H20Cl2N4OS/c1-32-25-17(14-21(26(32)34)24-22(28)12-7-13-23(24)29)16-30-27(31-25)33(18-8-4-3-5-9-18)19-10-6-11-20(15-19)35-2/h3-16H,1-2H3. The number of rotatable bonds is 5. The van der Waals surface area contributed by atoms with E-state index in [1.807, 2.05) is 53.6 Å². The Balaban J connectivity index is 1.71. The fraction of sp³-hybridized carbons (Fsp3) is 0.0741. The number of aryl methyl sites for hydroxylation is 1. The lowest BCUT2D eigenvalue weighted by Gasteiger charge is -2.24.